The molecule has 0 aromatic carbocycles. The first-order valence-electron chi connectivity index (χ1n) is 5.66. The minimum Gasteiger partial charge on any atom is -0.352 e. The third kappa shape index (κ3) is 2.82. The van der Waals surface area contributed by atoms with E-state index in [0.717, 1.165) is 6.54 Å². The zero-order valence-electron chi connectivity index (χ0n) is 9.08. The molecular weight excluding hydrogens is 268 g/mol. The van der Waals surface area contributed by atoms with Crippen molar-refractivity contribution in [3.05, 3.63) is 28.5 Å². The summed E-state index contributed by atoms with van der Waals surface area (Å²) in [7, 11) is 0. The molecule has 1 aliphatic carbocycles. The summed E-state index contributed by atoms with van der Waals surface area (Å²) in [5.41, 5.74) is 0.612. The molecule has 1 amide bonds. The van der Waals surface area contributed by atoms with E-state index in [1.165, 1.54) is 25.7 Å². The van der Waals surface area contributed by atoms with Gasteiger partial charge in [-0.3, -0.25) is 4.79 Å². The van der Waals surface area contributed by atoms with Crippen LogP contribution in [0.1, 0.15) is 36.0 Å². The Bertz CT molecular complexity index is 375. The number of carbonyl (C=O) groups excluding carboxylic acids is 1. The predicted molar refractivity (Wildman–Crippen MR) is 66.2 cm³/mol. The predicted octanol–water partition coefficient (Wildman–Crippen LogP) is 2.76. The Kier molecular flexibility index (Phi) is 3.93. The molecular formula is C12H15BrN2O. The van der Waals surface area contributed by atoms with E-state index in [9.17, 15) is 4.79 Å². The van der Waals surface area contributed by atoms with Gasteiger partial charge in [0.25, 0.3) is 5.91 Å². The molecule has 0 spiro atoms. The van der Waals surface area contributed by atoms with Crippen LogP contribution in [0.15, 0.2) is 22.9 Å². The quantitative estimate of drug-likeness (QED) is 0.867. The fraction of sp³-hybridized carbons (Fsp3) is 0.500. The fourth-order valence-corrected chi connectivity index (χ4v) is 2.53. The summed E-state index contributed by atoms with van der Waals surface area (Å²) in [6.45, 7) is 0.792. The van der Waals surface area contributed by atoms with E-state index in [-0.39, 0.29) is 5.91 Å². The van der Waals surface area contributed by atoms with Gasteiger partial charge in [-0.2, -0.15) is 0 Å². The highest BCUT2D eigenvalue weighted by molar-refractivity contribution is 9.10. The molecule has 4 heteroatoms. The van der Waals surface area contributed by atoms with Gasteiger partial charge in [-0.15, -0.1) is 0 Å². The van der Waals surface area contributed by atoms with E-state index in [0.29, 0.717) is 16.1 Å². The van der Waals surface area contributed by atoms with Gasteiger partial charge in [0.1, 0.15) is 4.60 Å². The fourth-order valence-electron chi connectivity index (χ4n) is 2.10. The molecule has 1 fully saturated rings. The van der Waals surface area contributed by atoms with Crippen molar-refractivity contribution in [2.75, 3.05) is 6.54 Å². The smallest absolute Gasteiger partial charge is 0.254 e. The summed E-state index contributed by atoms with van der Waals surface area (Å²) < 4.78 is 0.610. The van der Waals surface area contributed by atoms with Crippen molar-refractivity contribution in [1.29, 1.82) is 0 Å². The third-order valence-electron chi connectivity index (χ3n) is 3.03. The second-order valence-corrected chi connectivity index (χ2v) is 4.95. The molecule has 1 aromatic rings. The Hall–Kier alpha value is -0.900. The second kappa shape index (κ2) is 5.43. The van der Waals surface area contributed by atoms with Gasteiger partial charge in [-0.05, 0) is 46.8 Å². The molecule has 1 N–H and O–H groups in total. The molecule has 86 valence electrons. The van der Waals surface area contributed by atoms with E-state index >= 15 is 0 Å². The lowest BCUT2D eigenvalue weighted by molar-refractivity contribution is 0.0946. The average molecular weight is 283 g/mol. The largest absolute Gasteiger partial charge is 0.352 e. The summed E-state index contributed by atoms with van der Waals surface area (Å²) in [6, 6.07) is 3.55. The Morgan fingerprint density at radius 2 is 2.25 bits per heavy atom. The highest BCUT2D eigenvalue weighted by atomic mass is 79.9. The van der Waals surface area contributed by atoms with Crippen molar-refractivity contribution in [1.82, 2.24) is 10.3 Å². The van der Waals surface area contributed by atoms with Crippen LogP contribution in [0.3, 0.4) is 0 Å². The maximum atomic E-state index is 11.8. The van der Waals surface area contributed by atoms with Crippen LogP contribution in [0, 0.1) is 5.92 Å². The van der Waals surface area contributed by atoms with Gasteiger partial charge in [0, 0.05) is 12.7 Å². The Morgan fingerprint density at radius 3 is 2.94 bits per heavy atom. The molecule has 0 unspecified atom stereocenters. The molecule has 1 saturated carbocycles. The standard InChI is InChI=1S/C12H15BrN2O/c13-11-10(6-3-7-14-11)12(16)15-8-9-4-1-2-5-9/h3,6-7,9H,1-2,4-5,8H2,(H,15,16). The van der Waals surface area contributed by atoms with Gasteiger partial charge < -0.3 is 5.32 Å². The van der Waals surface area contributed by atoms with E-state index in [1.54, 1.807) is 18.3 Å². The van der Waals surface area contributed by atoms with Crippen LogP contribution in [0.25, 0.3) is 0 Å². The summed E-state index contributed by atoms with van der Waals surface area (Å²) in [6.07, 6.45) is 6.76. The molecule has 16 heavy (non-hydrogen) atoms. The minimum absolute atomic E-state index is 0.0353. The Morgan fingerprint density at radius 1 is 1.50 bits per heavy atom. The summed E-state index contributed by atoms with van der Waals surface area (Å²) >= 11 is 3.28. The molecule has 1 aromatic heterocycles. The van der Waals surface area contributed by atoms with Crippen molar-refractivity contribution in [2.24, 2.45) is 5.92 Å². The number of amides is 1. The SMILES string of the molecule is O=C(NCC1CCCC1)c1cccnc1Br. The number of nitrogens with zero attached hydrogens (tertiary/aromatic N) is 1. The second-order valence-electron chi connectivity index (χ2n) is 4.20. The topological polar surface area (TPSA) is 42.0 Å². The lowest BCUT2D eigenvalue weighted by Crippen LogP contribution is -2.28. The van der Waals surface area contributed by atoms with Crippen LogP contribution in [-0.2, 0) is 0 Å². The van der Waals surface area contributed by atoms with Crippen LogP contribution in [-0.4, -0.2) is 17.4 Å². The minimum atomic E-state index is -0.0353. The molecule has 0 saturated heterocycles. The normalized spacial score (nSPS) is 16.3. The van der Waals surface area contributed by atoms with Gasteiger partial charge in [0.2, 0.25) is 0 Å². The molecule has 2 rings (SSSR count). The van der Waals surface area contributed by atoms with Crippen molar-refractivity contribution in [3.8, 4) is 0 Å². The van der Waals surface area contributed by atoms with Crippen molar-refractivity contribution in [3.63, 3.8) is 0 Å². The van der Waals surface area contributed by atoms with Gasteiger partial charge in [0.05, 0.1) is 5.56 Å². The van der Waals surface area contributed by atoms with Crippen molar-refractivity contribution in [2.45, 2.75) is 25.7 Å². The van der Waals surface area contributed by atoms with E-state index in [4.69, 9.17) is 0 Å². The number of halogens is 1. The van der Waals surface area contributed by atoms with Crippen LogP contribution >= 0.6 is 15.9 Å². The molecule has 0 bridgehead atoms. The average Bonchev–Trinajstić information content (AvgIpc) is 2.79. The van der Waals surface area contributed by atoms with Gasteiger partial charge in [0.15, 0.2) is 0 Å². The van der Waals surface area contributed by atoms with Gasteiger partial charge in [-0.1, -0.05) is 12.8 Å². The first-order chi connectivity index (χ1) is 7.77. The lowest BCUT2D eigenvalue weighted by atomic mass is 10.1. The van der Waals surface area contributed by atoms with E-state index in [1.807, 2.05) is 0 Å². The van der Waals surface area contributed by atoms with Crippen molar-refractivity contribution < 1.29 is 4.79 Å². The van der Waals surface area contributed by atoms with Crippen LogP contribution in [0.4, 0.5) is 0 Å². The summed E-state index contributed by atoms with van der Waals surface area (Å²) in [5.74, 6) is 0.631. The molecule has 1 heterocycles. The number of pyridine rings is 1. The first-order valence-corrected chi connectivity index (χ1v) is 6.45. The number of aromatic nitrogens is 1. The van der Waals surface area contributed by atoms with E-state index < -0.39 is 0 Å². The molecule has 0 atom stereocenters. The molecule has 1 aliphatic rings. The Balaban J connectivity index is 1.90. The zero-order valence-corrected chi connectivity index (χ0v) is 10.7. The van der Waals surface area contributed by atoms with E-state index in [2.05, 4.69) is 26.2 Å². The molecule has 3 nitrogen and oxygen atoms in total. The van der Waals surface area contributed by atoms with Gasteiger partial charge >= 0.3 is 0 Å². The van der Waals surface area contributed by atoms with Crippen LogP contribution < -0.4 is 5.32 Å². The number of carbonyl (C=O) groups is 1. The number of hydrogen-bond acceptors (Lipinski definition) is 2. The number of nitrogens with one attached hydrogen (secondary N) is 1. The highest BCUT2D eigenvalue weighted by Gasteiger charge is 2.17. The number of hydrogen-bond donors (Lipinski definition) is 1. The number of rotatable bonds is 3. The van der Waals surface area contributed by atoms with Crippen molar-refractivity contribution >= 4 is 21.8 Å². The van der Waals surface area contributed by atoms with Crippen LogP contribution in [0.2, 0.25) is 0 Å². The molecule has 0 radical (unpaired) electrons. The maximum absolute atomic E-state index is 11.8. The third-order valence-corrected chi connectivity index (χ3v) is 3.66. The summed E-state index contributed by atoms with van der Waals surface area (Å²) in [4.78, 5) is 15.9. The van der Waals surface area contributed by atoms with Gasteiger partial charge in [-0.25, -0.2) is 4.98 Å². The molecule has 0 aliphatic heterocycles. The first kappa shape index (κ1) is 11.6. The zero-order chi connectivity index (χ0) is 11.4. The monoisotopic (exact) mass is 282 g/mol. The highest BCUT2D eigenvalue weighted by Crippen LogP contribution is 2.23. The van der Waals surface area contributed by atoms with Crippen LogP contribution in [0.5, 0.6) is 0 Å². The maximum Gasteiger partial charge on any atom is 0.254 e. The Labute approximate surface area is 104 Å². The lowest BCUT2D eigenvalue weighted by Gasteiger charge is -2.10. The summed E-state index contributed by atoms with van der Waals surface area (Å²) in [5, 5.41) is 2.97.